The molecule has 221 valence electrons. The maximum atomic E-state index is 6.49. The van der Waals surface area contributed by atoms with E-state index in [1.165, 1.54) is 0 Å². The van der Waals surface area contributed by atoms with E-state index in [-0.39, 0.29) is 26.8 Å². The number of benzene rings is 5. The van der Waals surface area contributed by atoms with Gasteiger partial charge in [-0.15, -0.1) is 48.0 Å². The van der Waals surface area contributed by atoms with E-state index in [4.69, 9.17) is 14.5 Å². The van der Waals surface area contributed by atoms with Gasteiger partial charge in [-0.25, -0.2) is 0 Å². The van der Waals surface area contributed by atoms with Crippen molar-refractivity contribution in [2.75, 3.05) is 0 Å². The first kappa shape index (κ1) is 29.4. The number of hydrogen-bond acceptors (Lipinski definition) is 4. The van der Waals surface area contributed by atoms with Crippen molar-refractivity contribution in [2.24, 2.45) is 0 Å². The second kappa shape index (κ2) is 13.0. The van der Waals surface area contributed by atoms with Gasteiger partial charge in [0.25, 0.3) is 0 Å². The molecule has 2 aliphatic heterocycles. The molecule has 46 heavy (non-hydrogen) atoms. The van der Waals surface area contributed by atoms with Crippen molar-refractivity contribution >= 4 is 23.1 Å². The summed E-state index contributed by atoms with van der Waals surface area (Å²) >= 11 is 0. The Morgan fingerprint density at radius 3 is 1.96 bits per heavy atom. The Hall–Kier alpha value is -5.29. The molecule has 4 nitrogen and oxygen atoms in total. The zero-order valence-corrected chi connectivity index (χ0v) is 27.0. The molecule has 1 radical (unpaired) electrons. The summed E-state index contributed by atoms with van der Waals surface area (Å²) < 4.78 is 12.8. The molecular formula is C40H25BIrN2O2-2. The molecule has 2 aliphatic rings. The van der Waals surface area contributed by atoms with E-state index in [9.17, 15) is 0 Å². The molecule has 0 amide bonds. The third kappa shape index (κ3) is 5.54. The van der Waals surface area contributed by atoms with E-state index in [2.05, 4.69) is 59.6 Å². The average Bonchev–Trinajstić information content (AvgIpc) is 3.13. The Morgan fingerprint density at radius 2 is 1.26 bits per heavy atom. The summed E-state index contributed by atoms with van der Waals surface area (Å²) in [5.41, 5.74) is 9.22. The number of nitrogens with zero attached hydrogens (tertiary/aromatic N) is 2. The van der Waals surface area contributed by atoms with Crippen LogP contribution in [0.2, 0.25) is 0 Å². The van der Waals surface area contributed by atoms with Crippen LogP contribution in [0.25, 0.3) is 33.6 Å². The molecule has 6 heteroatoms. The van der Waals surface area contributed by atoms with Crippen LogP contribution in [0.5, 0.6) is 23.0 Å². The van der Waals surface area contributed by atoms with Gasteiger partial charge in [-0.1, -0.05) is 102 Å². The summed E-state index contributed by atoms with van der Waals surface area (Å²) in [6.45, 7) is 0.0434. The van der Waals surface area contributed by atoms with E-state index < -0.39 is 0 Å². The van der Waals surface area contributed by atoms with Gasteiger partial charge in [0.15, 0.2) is 0 Å². The molecule has 9 rings (SSSR count). The summed E-state index contributed by atoms with van der Waals surface area (Å²) in [6, 6.07) is 53.0. The van der Waals surface area contributed by atoms with Crippen molar-refractivity contribution in [1.29, 1.82) is 0 Å². The molecule has 7 aromatic rings. The van der Waals surface area contributed by atoms with Gasteiger partial charge in [0.1, 0.15) is 11.5 Å². The number of fused-ring (bicyclic) bond motifs is 4. The van der Waals surface area contributed by atoms with Gasteiger partial charge in [0.05, 0.1) is 0 Å². The molecule has 0 unspecified atom stereocenters. The molecule has 0 bridgehead atoms. The summed E-state index contributed by atoms with van der Waals surface area (Å²) in [5, 5.41) is 0. The molecule has 0 N–H and O–H groups in total. The SMILES string of the molecule is [Ir].[c-]1cc2c3c(c1-c1ccc(-c4ccccc4)cn1)Oc1ccccc1B3c1ccccc1O2.[c-]1ccccc1-c1ccccn1. The molecule has 4 heterocycles. The van der Waals surface area contributed by atoms with Crippen LogP contribution in [0, 0.1) is 12.1 Å². The maximum absolute atomic E-state index is 6.49. The van der Waals surface area contributed by atoms with Crippen LogP contribution >= 0.6 is 0 Å². The third-order valence-corrected chi connectivity index (χ3v) is 8.04. The van der Waals surface area contributed by atoms with Gasteiger partial charge in [-0.05, 0) is 51.6 Å². The van der Waals surface area contributed by atoms with Gasteiger partial charge in [-0.3, -0.25) is 0 Å². The van der Waals surface area contributed by atoms with Gasteiger partial charge in [-0.2, -0.15) is 0 Å². The Morgan fingerprint density at radius 1 is 0.543 bits per heavy atom. The van der Waals surface area contributed by atoms with E-state index in [1.807, 2.05) is 103 Å². The van der Waals surface area contributed by atoms with Crippen LogP contribution in [0.4, 0.5) is 0 Å². The van der Waals surface area contributed by atoms with Gasteiger partial charge in [0, 0.05) is 44.0 Å². The van der Waals surface area contributed by atoms with Crippen LogP contribution in [0.1, 0.15) is 0 Å². The van der Waals surface area contributed by atoms with Crippen molar-refractivity contribution in [1.82, 2.24) is 9.97 Å². The Kier molecular flexibility index (Phi) is 8.30. The molecule has 0 saturated carbocycles. The normalized spacial score (nSPS) is 11.6. The second-order valence-corrected chi connectivity index (χ2v) is 10.8. The average molecular weight is 769 g/mol. The van der Waals surface area contributed by atoms with Crippen LogP contribution in [-0.4, -0.2) is 16.7 Å². The predicted molar refractivity (Wildman–Crippen MR) is 180 cm³/mol. The topological polar surface area (TPSA) is 44.2 Å². The van der Waals surface area contributed by atoms with Crippen molar-refractivity contribution in [3.63, 3.8) is 0 Å². The van der Waals surface area contributed by atoms with Crippen molar-refractivity contribution in [3.05, 3.63) is 164 Å². The molecule has 0 fully saturated rings. The Bertz CT molecular complexity index is 2060. The van der Waals surface area contributed by atoms with E-state index in [0.717, 1.165) is 73.0 Å². The first-order chi connectivity index (χ1) is 22.3. The first-order valence-corrected chi connectivity index (χ1v) is 14.9. The largest absolute Gasteiger partial charge is 0.503 e. The predicted octanol–water partition coefficient (Wildman–Crippen LogP) is 7.49. The fraction of sp³-hybridized carbons (Fsp3) is 0. The minimum atomic E-state index is 0. The number of rotatable bonds is 3. The molecule has 0 spiro atoms. The summed E-state index contributed by atoms with van der Waals surface area (Å²) in [6.07, 6.45) is 3.70. The Balaban J connectivity index is 0.000000220. The number of ether oxygens (including phenoxy) is 2. The fourth-order valence-electron chi connectivity index (χ4n) is 5.93. The number of hydrogen-bond donors (Lipinski definition) is 0. The molecule has 0 saturated heterocycles. The number of pyridine rings is 2. The standard InChI is InChI=1S/C29H17BNO2.C11H8N.Ir/c1-2-8-19(9-3-1)20-14-16-24(31-18-20)21-15-17-27-28-29(21)33-26-13-7-5-11-23(26)30(28)22-10-4-6-12-25(22)32-27;1-2-6-10(7-3-1)11-8-4-5-9-12-11;/h1-14,16-18H;1-6,8-9H;/q2*-1;. The molecular weight excluding hydrogens is 743 g/mol. The van der Waals surface area contributed by atoms with Crippen molar-refractivity contribution in [2.45, 2.75) is 0 Å². The summed E-state index contributed by atoms with van der Waals surface area (Å²) in [4.78, 5) is 9.00. The molecule has 2 aromatic heterocycles. The third-order valence-electron chi connectivity index (χ3n) is 8.04. The number of aromatic nitrogens is 2. The smallest absolute Gasteiger partial charge is 0.239 e. The quantitative estimate of drug-likeness (QED) is 0.138. The van der Waals surface area contributed by atoms with E-state index in [0.29, 0.717) is 0 Å². The molecule has 5 aromatic carbocycles. The van der Waals surface area contributed by atoms with Gasteiger partial charge >= 0.3 is 0 Å². The zero-order chi connectivity index (χ0) is 30.0. The van der Waals surface area contributed by atoms with E-state index in [1.54, 1.807) is 6.20 Å². The Labute approximate surface area is 282 Å². The fourth-order valence-corrected chi connectivity index (χ4v) is 5.93. The first-order valence-electron chi connectivity index (χ1n) is 14.9. The maximum Gasteiger partial charge on any atom is 0.239 e. The van der Waals surface area contributed by atoms with Crippen LogP contribution in [0.3, 0.4) is 0 Å². The van der Waals surface area contributed by atoms with Crippen LogP contribution in [-0.2, 0) is 20.1 Å². The van der Waals surface area contributed by atoms with Crippen LogP contribution < -0.4 is 25.9 Å². The van der Waals surface area contributed by atoms with Crippen molar-refractivity contribution < 1.29 is 29.6 Å². The zero-order valence-electron chi connectivity index (χ0n) is 24.6. The van der Waals surface area contributed by atoms with Crippen molar-refractivity contribution in [3.8, 4) is 56.6 Å². The summed E-state index contributed by atoms with van der Waals surface area (Å²) in [5.74, 6) is 3.29. The second-order valence-electron chi connectivity index (χ2n) is 10.8. The molecule has 0 aliphatic carbocycles. The summed E-state index contributed by atoms with van der Waals surface area (Å²) in [7, 11) is 0. The van der Waals surface area contributed by atoms with Gasteiger partial charge < -0.3 is 19.4 Å². The minimum Gasteiger partial charge on any atom is -0.503 e. The van der Waals surface area contributed by atoms with Gasteiger partial charge in [0.2, 0.25) is 6.71 Å². The minimum absolute atomic E-state index is 0. The van der Waals surface area contributed by atoms with Crippen LogP contribution in [0.15, 0.2) is 152 Å². The monoisotopic (exact) mass is 769 g/mol. The number of para-hydroxylation sites is 2. The molecule has 0 atom stereocenters. The van der Waals surface area contributed by atoms with E-state index >= 15 is 0 Å².